The first-order chi connectivity index (χ1) is 30.9. The maximum atomic E-state index is 2.60. The lowest BCUT2D eigenvalue weighted by atomic mass is 9.78. The maximum Gasteiger partial charge on any atom is 0.0543 e. The van der Waals surface area contributed by atoms with Crippen LogP contribution < -0.4 is 4.90 Å². The lowest BCUT2D eigenvalue weighted by Crippen LogP contribution is -2.18. The van der Waals surface area contributed by atoms with Crippen LogP contribution in [0, 0.1) is 27.7 Å². The quantitative estimate of drug-likeness (QED) is 0.147. The third-order valence-electron chi connectivity index (χ3n) is 14.9. The average molecular weight is 828 g/mol. The highest BCUT2D eigenvalue weighted by Crippen LogP contribution is 2.60. The highest BCUT2D eigenvalue weighted by atomic mass is 15.1. The van der Waals surface area contributed by atoms with E-state index in [-0.39, 0.29) is 10.8 Å². The number of hydrogen-bond acceptors (Lipinski definition) is 1. The van der Waals surface area contributed by atoms with Crippen LogP contribution in [0.4, 0.5) is 17.1 Å². The van der Waals surface area contributed by atoms with Crippen LogP contribution in [0.2, 0.25) is 0 Å². The molecule has 0 heterocycles. The summed E-state index contributed by atoms with van der Waals surface area (Å²) in [6.45, 7) is 18.6. The molecule has 0 bridgehead atoms. The van der Waals surface area contributed by atoms with E-state index in [4.69, 9.17) is 0 Å². The van der Waals surface area contributed by atoms with Crippen LogP contribution in [0.25, 0.3) is 43.8 Å². The molecule has 0 unspecified atom stereocenters. The highest BCUT2D eigenvalue weighted by Gasteiger charge is 2.43. The molecule has 0 aromatic heterocycles. The van der Waals surface area contributed by atoms with Gasteiger partial charge in [0.1, 0.15) is 0 Å². The van der Waals surface area contributed by atoms with E-state index in [1.165, 1.54) is 122 Å². The van der Waals surface area contributed by atoms with Crippen molar-refractivity contribution in [2.75, 3.05) is 4.90 Å². The topological polar surface area (TPSA) is 3.24 Å². The summed E-state index contributed by atoms with van der Waals surface area (Å²) in [7, 11) is 0. The molecule has 2 aliphatic carbocycles. The largest absolute Gasteiger partial charge is 0.310 e. The van der Waals surface area contributed by atoms with Crippen molar-refractivity contribution >= 4 is 38.6 Å². The molecule has 1 nitrogen and oxygen atoms in total. The summed E-state index contributed by atoms with van der Waals surface area (Å²) in [5.74, 6) is 0.318. The molecule has 11 rings (SSSR count). The van der Waals surface area contributed by atoms with Crippen molar-refractivity contribution in [3.63, 3.8) is 0 Å². The number of fused-ring (bicyclic) bond motifs is 10. The van der Waals surface area contributed by atoms with E-state index in [9.17, 15) is 0 Å². The first-order valence-electron chi connectivity index (χ1n) is 23.3. The molecule has 2 aliphatic rings. The SMILES string of the molecule is Cc1cccc(C(CCc2cc3c(c4ccccc24)-c2cc4c(cc2C3(C)C)-c2c(cc(N(c3cccc(C)c3)c3cccc(C)c3)c3ccccc23)C4(C)C)c2cccc(C)c2)c1. The van der Waals surface area contributed by atoms with Gasteiger partial charge in [-0.1, -0.05) is 166 Å². The maximum absolute atomic E-state index is 2.60. The summed E-state index contributed by atoms with van der Waals surface area (Å²) < 4.78 is 0. The second-order valence-electron chi connectivity index (χ2n) is 20.0. The van der Waals surface area contributed by atoms with Gasteiger partial charge in [-0.15, -0.1) is 0 Å². The summed E-state index contributed by atoms with van der Waals surface area (Å²) in [5.41, 5.74) is 23.8. The Morgan fingerprint density at radius 3 is 1.34 bits per heavy atom. The predicted molar refractivity (Wildman–Crippen MR) is 273 cm³/mol. The van der Waals surface area contributed by atoms with E-state index in [0.29, 0.717) is 5.92 Å². The van der Waals surface area contributed by atoms with Crippen LogP contribution in [0.5, 0.6) is 0 Å². The van der Waals surface area contributed by atoms with Crippen LogP contribution in [0.3, 0.4) is 0 Å². The molecule has 0 aliphatic heterocycles. The van der Waals surface area contributed by atoms with Crippen molar-refractivity contribution in [1.29, 1.82) is 0 Å². The second-order valence-corrected chi connectivity index (χ2v) is 20.0. The zero-order chi connectivity index (χ0) is 44.1. The molecule has 9 aromatic rings. The number of anilines is 3. The molecule has 0 atom stereocenters. The van der Waals surface area contributed by atoms with Gasteiger partial charge in [0.2, 0.25) is 0 Å². The van der Waals surface area contributed by atoms with Gasteiger partial charge in [0.15, 0.2) is 0 Å². The van der Waals surface area contributed by atoms with Gasteiger partial charge >= 0.3 is 0 Å². The van der Waals surface area contributed by atoms with E-state index in [2.05, 4.69) is 230 Å². The van der Waals surface area contributed by atoms with Crippen molar-refractivity contribution in [3.05, 3.63) is 231 Å². The summed E-state index contributed by atoms with van der Waals surface area (Å²) in [4.78, 5) is 2.48. The van der Waals surface area contributed by atoms with Crippen molar-refractivity contribution in [2.45, 2.75) is 85.0 Å². The molecular formula is C63H57N. The van der Waals surface area contributed by atoms with E-state index < -0.39 is 0 Å². The Morgan fingerprint density at radius 1 is 0.406 bits per heavy atom. The Hall–Kier alpha value is -6.70. The molecular weight excluding hydrogens is 771 g/mol. The molecule has 0 radical (unpaired) electrons. The monoisotopic (exact) mass is 827 g/mol. The summed E-state index contributed by atoms with van der Waals surface area (Å²) in [5, 5.41) is 5.33. The number of rotatable bonds is 8. The minimum atomic E-state index is -0.230. The van der Waals surface area contributed by atoms with Gasteiger partial charge in [0.25, 0.3) is 0 Å². The fourth-order valence-electron chi connectivity index (χ4n) is 11.7. The van der Waals surface area contributed by atoms with Gasteiger partial charge in [-0.2, -0.15) is 0 Å². The molecule has 64 heavy (non-hydrogen) atoms. The second kappa shape index (κ2) is 15.0. The number of nitrogens with zero attached hydrogens (tertiary/aromatic N) is 1. The molecule has 1 heteroatoms. The van der Waals surface area contributed by atoms with Crippen molar-refractivity contribution in [1.82, 2.24) is 0 Å². The lowest BCUT2D eigenvalue weighted by molar-refractivity contribution is 0.651. The molecule has 9 aromatic carbocycles. The summed E-state index contributed by atoms with van der Waals surface area (Å²) in [6, 6.07) is 64.9. The number of benzene rings is 9. The Kier molecular flexibility index (Phi) is 9.37. The lowest BCUT2D eigenvalue weighted by Gasteiger charge is -2.30. The molecule has 0 saturated carbocycles. The summed E-state index contributed by atoms with van der Waals surface area (Å²) in [6.07, 6.45) is 2.04. The Morgan fingerprint density at radius 2 is 0.844 bits per heavy atom. The van der Waals surface area contributed by atoms with Gasteiger partial charge in [0, 0.05) is 33.5 Å². The van der Waals surface area contributed by atoms with E-state index in [1.54, 1.807) is 0 Å². The van der Waals surface area contributed by atoms with Gasteiger partial charge in [0.05, 0.1) is 5.69 Å². The standard InChI is InChI=1S/C63H57N/c1-39-17-13-21-43(31-39)48(44-22-14-18-40(2)32-44)30-29-45-35-57-60(51-27-11-9-25-49(45)51)53-36-56-54(37-55(53)62(57,5)6)61-52-28-12-10-26-50(52)59(38-58(61)63(56,7)8)64(46-23-15-19-41(3)33-46)47-24-16-20-42(4)34-47/h9-28,31-38,48H,29-30H2,1-8H3. The average Bonchev–Trinajstić information content (AvgIpc) is 3.64. The van der Waals surface area contributed by atoms with Gasteiger partial charge in [-0.25, -0.2) is 0 Å². The normalized spacial score (nSPS) is 14.1. The van der Waals surface area contributed by atoms with Crippen LogP contribution in [-0.2, 0) is 17.3 Å². The fraction of sp³-hybridized carbons (Fsp3) is 0.206. The molecule has 0 fully saturated rings. The summed E-state index contributed by atoms with van der Waals surface area (Å²) >= 11 is 0. The smallest absolute Gasteiger partial charge is 0.0543 e. The third-order valence-corrected chi connectivity index (χ3v) is 14.9. The van der Waals surface area contributed by atoms with Crippen molar-refractivity contribution < 1.29 is 0 Å². The minimum Gasteiger partial charge on any atom is -0.310 e. The first kappa shape index (κ1) is 40.1. The molecule has 0 N–H and O–H groups in total. The van der Waals surface area contributed by atoms with Crippen molar-refractivity contribution in [2.24, 2.45) is 0 Å². The number of hydrogen-bond donors (Lipinski definition) is 0. The van der Waals surface area contributed by atoms with Crippen LogP contribution >= 0.6 is 0 Å². The molecule has 0 saturated heterocycles. The van der Waals surface area contributed by atoms with E-state index >= 15 is 0 Å². The fourth-order valence-corrected chi connectivity index (χ4v) is 11.7. The van der Waals surface area contributed by atoms with Gasteiger partial charge in [-0.05, 0) is 171 Å². The Bertz CT molecular complexity index is 3250. The highest BCUT2D eigenvalue weighted by molar-refractivity contribution is 6.11. The van der Waals surface area contributed by atoms with E-state index in [0.717, 1.165) is 12.8 Å². The van der Waals surface area contributed by atoms with Crippen LogP contribution in [0.15, 0.2) is 170 Å². The Balaban J connectivity index is 1.06. The molecule has 0 spiro atoms. The van der Waals surface area contributed by atoms with Crippen molar-refractivity contribution in [3.8, 4) is 22.3 Å². The zero-order valence-electron chi connectivity index (χ0n) is 38.6. The van der Waals surface area contributed by atoms with Crippen LogP contribution in [-0.4, -0.2) is 0 Å². The van der Waals surface area contributed by atoms with E-state index in [1.807, 2.05) is 0 Å². The molecule has 0 amide bonds. The predicted octanol–water partition coefficient (Wildman–Crippen LogP) is 17.1. The zero-order valence-corrected chi connectivity index (χ0v) is 38.6. The first-order valence-corrected chi connectivity index (χ1v) is 23.3. The Labute approximate surface area is 380 Å². The third kappa shape index (κ3) is 6.35. The van der Waals surface area contributed by atoms with Gasteiger partial charge < -0.3 is 4.90 Å². The molecule has 314 valence electrons. The van der Waals surface area contributed by atoms with Crippen LogP contribution in [0.1, 0.15) is 101 Å². The number of aryl methyl sites for hydroxylation is 5. The van der Waals surface area contributed by atoms with Gasteiger partial charge in [-0.3, -0.25) is 0 Å². The minimum absolute atomic E-state index is 0.180.